The van der Waals surface area contributed by atoms with Crippen molar-refractivity contribution in [2.24, 2.45) is 0 Å². The molecular formula is C20H16Cl3NO. The lowest BCUT2D eigenvalue weighted by Crippen LogP contribution is -2.04. The van der Waals surface area contributed by atoms with Crippen LogP contribution in [-0.2, 0) is 13.2 Å². The highest BCUT2D eigenvalue weighted by Gasteiger charge is 2.11. The van der Waals surface area contributed by atoms with Gasteiger partial charge in [0.05, 0.1) is 5.02 Å². The number of rotatable bonds is 6. The molecule has 25 heavy (non-hydrogen) atoms. The molecule has 0 fully saturated rings. The molecule has 3 aromatic carbocycles. The van der Waals surface area contributed by atoms with Crippen molar-refractivity contribution in [3.63, 3.8) is 0 Å². The summed E-state index contributed by atoms with van der Waals surface area (Å²) in [5.74, 6) is 0.620. The molecule has 0 radical (unpaired) electrons. The molecule has 0 aromatic heterocycles. The Bertz CT molecular complexity index is 853. The van der Waals surface area contributed by atoms with E-state index >= 15 is 0 Å². The van der Waals surface area contributed by atoms with Crippen LogP contribution in [0.1, 0.15) is 11.1 Å². The summed E-state index contributed by atoms with van der Waals surface area (Å²) in [6.07, 6.45) is 0. The van der Waals surface area contributed by atoms with Crippen LogP contribution in [0.4, 0.5) is 5.69 Å². The number of hydrogen-bond donors (Lipinski definition) is 1. The van der Waals surface area contributed by atoms with Gasteiger partial charge in [-0.15, -0.1) is 0 Å². The van der Waals surface area contributed by atoms with E-state index in [1.165, 1.54) is 0 Å². The van der Waals surface area contributed by atoms with E-state index in [4.69, 9.17) is 39.5 Å². The summed E-state index contributed by atoms with van der Waals surface area (Å²) in [6.45, 7) is 0.926. The average molecular weight is 393 g/mol. The van der Waals surface area contributed by atoms with Gasteiger partial charge in [-0.25, -0.2) is 0 Å². The van der Waals surface area contributed by atoms with Crippen LogP contribution in [-0.4, -0.2) is 0 Å². The third-order valence-corrected chi connectivity index (χ3v) is 4.35. The van der Waals surface area contributed by atoms with E-state index in [1.54, 1.807) is 6.07 Å². The van der Waals surface area contributed by atoms with Gasteiger partial charge in [-0.2, -0.15) is 0 Å². The molecule has 0 amide bonds. The molecule has 0 bridgehead atoms. The standard InChI is InChI=1S/C20H16Cl3NO/c21-16-6-4-5-14(9-16)13-25-20-15(10-17(22)11-19(20)23)12-24-18-7-2-1-3-8-18/h1-11,24H,12-13H2. The lowest BCUT2D eigenvalue weighted by Gasteiger charge is -2.15. The normalized spacial score (nSPS) is 10.5. The van der Waals surface area contributed by atoms with Gasteiger partial charge in [0, 0.05) is 27.8 Å². The Balaban J connectivity index is 1.77. The molecule has 0 saturated heterocycles. The number of halogens is 3. The van der Waals surface area contributed by atoms with E-state index in [1.807, 2.05) is 60.7 Å². The molecule has 5 heteroatoms. The second-order valence-corrected chi connectivity index (χ2v) is 6.79. The zero-order valence-corrected chi connectivity index (χ0v) is 15.6. The first-order chi connectivity index (χ1) is 12.1. The maximum absolute atomic E-state index is 6.35. The van der Waals surface area contributed by atoms with E-state index in [0.29, 0.717) is 34.0 Å². The number of hydrogen-bond acceptors (Lipinski definition) is 2. The molecule has 0 heterocycles. The minimum atomic E-state index is 0.375. The molecule has 0 spiro atoms. The highest BCUT2D eigenvalue weighted by Crippen LogP contribution is 2.33. The van der Waals surface area contributed by atoms with E-state index in [9.17, 15) is 0 Å². The molecular weight excluding hydrogens is 377 g/mol. The predicted octanol–water partition coefficient (Wildman–Crippen LogP) is 6.84. The Morgan fingerprint density at radius 1 is 0.800 bits per heavy atom. The second kappa shape index (κ2) is 8.48. The molecule has 1 N–H and O–H groups in total. The van der Waals surface area contributed by atoms with Crippen molar-refractivity contribution in [3.05, 3.63) is 92.9 Å². The summed E-state index contributed by atoms with van der Waals surface area (Å²) in [6, 6.07) is 21.0. The van der Waals surface area contributed by atoms with Crippen molar-refractivity contribution >= 4 is 40.5 Å². The smallest absolute Gasteiger partial charge is 0.143 e. The van der Waals surface area contributed by atoms with E-state index in [2.05, 4.69) is 5.32 Å². The van der Waals surface area contributed by atoms with Gasteiger partial charge in [-0.3, -0.25) is 0 Å². The molecule has 3 aromatic rings. The molecule has 0 aliphatic heterocycles. The van der Waals surface area contributed by atoms with Crippen molar-refractivity contribution in [1.29, 1.82) is 0 Å². The monoisotopic (exact) mass is 391 g/mol. The molecule has 3 rings (SSSR count). The van der Waals surface area contributed by atoms with Gasteiger partial charge in [-0.05, 0) is 42.0 Å². The fourth-order valence-electron chi connectivity index (χ4n) is 2.44. The first kappa shape index (κ1) is 17.9. The maximum Gasteiger partial charge on any atom is 0.143 e. The molecule has 2 nitrogen and oxygen atoms in total. The van der Waals surface area contributed by atoms with Gasteiger partial charge >= 0.3 is 0 Å². The molecule has 0 aliphatic carbocycles. The minimum absolute atomic E-state index is 0.375. The van der Waals surface area contributed by atoms with Crippen molar-refractivity contribution in [3.8, 4) is 5.75 Å². The van der Waals surface area contributed by atoms with Gasteiger partial charge in [0.2, 0.25) is 0 Å². The molecule has 0 unspecified atom stereocenters. The lowest BCUT2D eigenvalue weighted by atomic mass is 10.2. The van der Waals surface area contributed by atoms with Gasteiger partial charge in [0.15, 0.2) is 0 Å². The van der Waals surface area contributed by atoms with Crippen LogP contribution in [0, 0.1) is 0 Å². The highest BCUT2D eigenvalue weighted by molar-refractivity contribution is 6.35. The fraction of sp³-hybridized carbons (Fsp3) is 0.100. The average Bonchev–Trinajstić information content (AvgIpc) is 2.60. The summed E-state index contributed by atoms with van der Waals surface area (Å²) in [5, 5.41) is 5.08. The number of ether oxygens (including phenoxy) is 1. The quantitative estimate of drug-likeness (QED) is 0.496. The third-order valence-electron chi connectivity index (χ3n) is 3.61. The van der Waals surface area contributed by atoms with E-state index < -0.39 is 0 Å². The number of anilines is 1. The zero-order valence-electron chi connectivity index (χ0n) is 13.3. The predicted molar refractivity (Wildman–Crippen MR) is 106 cm³/mol. The van der Waals surface area contributed by atoms with Gasteiger partial charge in [-0.1, -0.05) is 65.1 Å². The van der Waals surface area contributed by atoms with Crippen molar-refractivity contribution < 1.29 is 4.74 Å². The third kappa shape index (κ3) is 5.05. The Kier molecular flexibility index (Phi) is 6.09. The van der Waals surface area contributed by atoms with E-state index in [0.717, 1.165) is 16.8 Å². The van der Waals surface area contributed by atoms with Gasteiger partial charge < -0.3 is 10.1 Å². The van der Waals surface area contributed by atoms with Crippen LogP contribution in [0.5, 0.6) is 5.75 Å². The lowest BCUT2D eigenvalue weighted by molar-refractivity contribution is 0.303. The number of para-hydroxylation sites is 1. The van der Waals surface area contributed by atoms with Crippen molar-refractivity contribution in [2.45, 2.75) is 13.2 Å². The molecule has 128 valence electrons. The van der Waals surface area contributed by atoms with Crippen LogP contribution in [0.25, 0.3) is 0 Å². The zero-order chi connectivity index (χ0) is 17.6. The fourth-order valence-corrected chi connectivity index (χ4v) is 3.25. The summed E-state index contributed by atoms with van der Waals surface area (Å²) in [5.41, 5.74) is 2.88. The van der Waals surface area contributed by atoms with Crippen molar-refractivity contribution in [2.75, 3.05) is 5.32 Å². The van der Waals surface area contributed by atoms with Gasteiger partial charge in [0.1, 0.15) is 12.4 Å². The summed E-state index contributed by atoms with van der Waals surface area (Å²) in [4.78, 5) is 0. The first-order valence-corrected chi connectivity index (χ1v) is 8.89. The van der Waals surface area contributed by atoms with Gasteiger partial charge in [0.25, 0.3) is 0 Å². The molecule has 0 aliphatic rings. The van der Waals surface area contributed by atoms with Crippen LogP contribution >= 0.6 is 34.8 Å². The number of benzene rings is 3. The number of nitrogens with one attached hydrogen (secondary N) is 1. The topological polar surface area (TPSA) is 21.3 Å². The van der Waals surface area contributed by atoms with Crippen LogP contribution in [0.3, 0.4) is 0 Å². The Hall–Kier alpha value is -1.87. The Labute approximate surface area is 162 Å². The summed E-state index contributed by atoms with van der Waals surface area (Å²) in [7, 11) is 0. The summed E-state index contributed by atoms with van der Waals surface area (Å²) < 4.78 is 5.96. The van der Waals surface area contributed by atoms with Crippen LogP contribution in [0.15, 0.2) is 66.7 Å². The minimum Gasteiger partial charge on any atom is -0.487 e. The first-order valence-electron chi connectivity index (χ1n) is 7.76. The second-order valence-electron chi connectivity index (χ2n) is 5.51. The molecule has 0 atom stereocenters. The summed E-state index contributed by atoms with van der Waals surface area (Å²) >= 11 is 18.5. The van der Waals surface area contributed by atoms with Crippen molar-refractivity contribution in [1.82, 2.24) is 0 Å². The maximum atomic E-state index is 6.35. The molecule has 0 saturated carbocycles. The Morgan fingerprint density at radius 2 is 1.60 bits per heavy atom. The van der Waals surface area contributed by atoms with Crippen LogP contribution in [0.2, 0.25) is 15.1 Å². The Morgan fingerprint density at radius 3 is 2.36 bits per heavy atom. The van der Waals surface area contributed by atoms with Crippen LogP contribution < -0.4 is 10.1 Å². The highest BCUT2D eigenvalue weighted by atomic mass is 35.5. The largest absolute Gasteiger partial charge is 0.487 e. The SMILES string of the molecule is Clc1cccc(COc2c(Cl)cc(Cl)cc2CNc2ccccc2)c1. The van der Waals surface area contributed by atoms with E-state index in [-0.39, 0.29) is 0 Å².